The topological polar surface area (TPSA) is 65.2 Å². The van der Waals surface area contributed by atoms with Crippen LogP contribution >= 0.6 is 0 Å². The molecule has 1 aliphatic carbocycles. The lowest BCUT2D eigenvalue weighted by atomic mass is 9.75. The largest absolute Gasteiger partial charge is 0.489 e. The highest BCUT2D eigenvalue weighted by molar-refractivity contribution is 5.98. The molecule has 1 aliphatic rings. The second kappa shape index (κ2) is 6.84. The number of carbonyl (C=O) groups excluding carboxylic acids is 1. The number of hydrogen-bond acceptors (Lipinski definition) is 4. The second-order valence-corrected chi connectivity index (χ2v) is 5.83. The molecule has 2 N–H and O–H groups in total. The Morgan fingerprint density at radius 2 is 2.15 bits per heavy atom. The molecule has 4 nitrogen and oxygen atoms in total. The van der Waals surface area contributed by atoms with Crippen molar-refractivity contribution in [3.63, 3.8) is 0 Å². The van der Waals surface area contributed by atoms with Gasteiger partial charge in [-0.25, -0.2) is 0 Å². The van der Waals surface area contributed by atoms with Gasteiger partial charge in [0, 0.05) is 17.7 Å². The van der Waals surface area contributed by atoms with E-state index in [2.05, 4.69) is 4.98 Å². The minimum atomic E-state index is 0.0462. The van der Waals surface area contributed by atoms with Gasteiger partial charge in [-0.05, 0) is 45.2 Å². The first kappa shape index (κ1) is 15.0. The lowest BCUT2D eigenvalue weighted by molar-refractivity contribution is 0.0828. The fourth-order valence-corrected chi connectivity index (χ4v) is 2.94. The third-order valence-corrected chi connectivity index (χ3v) is 3.92. The molecule has 1 heterocycles. The van der Waals surface area contributed by atoms with E-state index in [0.29, 0.717) is 23.8 Å². The zero-order valence-electron chi connectivity index (χ0n) is 12.3. The molecule has 110 valence electrons. The highest BCUT2D eigenvalue weighted by Crippen LogP contribution is 2.32. The summed E-state index contributed by atoms with van der Waals surface area (Å²) in [5.41, 5.74) is 6.46. The third-order valence-electron chi connectivity index (χ3n) is 3.92. The van der Waals surface area contributed by atoms with Crippen molar-refractivity contribution in [2.45, 2.75) is 45.6 Å². The Kier molecular flexibility index (Phi) is 5.12. The van der Waals surface area contributed by atoms with Crippen molar-refractivity contribution >= 4 is 5.78 Å². The number of pyridine rings is 1. The van der Waals surface area contributed by atoms with Crippen LogP contribution < -0.4 is 10.5 Å². The van der Waals surface area contributed by atoms with Gasteiger partial charge in [0.1, 0.15) is 5.75 Å². The summed E-state index contributed by atoms with van der Waals surface area (Å²) < 4.78 is 5.61. The molecule has 0 aliphatic heterocycles. The first-order valence-electron chi connectivity index (χ1n) is 7.47. The van der Waals surface area contributed by atoms with Crippen LogP contribution in [0.5, 0.6) is 5.75 Å². The van der Waals surface area contributed by atoms with Crippen molar-refractivity contribution in [3.05, 3.63) is 24.0 Å². The van der Waals surface area contributed by atoms with Crippen molar-refractivity contribution in [1.29, 1.82) is 0 Å². The van der Waals surface area contributed by atoms with Crippen LogP contribution in [0.25, 0.3) is 0 Å². The van der Waals surface area contributed by atoms with E-state index in [1.807, 2.05) is 13.8 Å². The summed E-state index contributed by atoms with van der Waals surface area (Å²) >= 11 is 0. The fraction of sp³-hybridized carbons (Fsp3) is 0.625. The molecule has 1 aromatic rings. The van der Waals surface area contributed by atoms with Gasteiger partial charge in [0.15, 0.2) is 5.78 Å². The van der Waals surface area contributed by atoms with Gasteiger partial charge in [0.05, 0.1) is 12.3 Å². The molecule has 2 rings (SSSR count). The minimum absolute atomic E-state index is 0.0462. The second-order valence-electron chi connectivity index (χ2n) is 5.83. The number of aromatic nitrogens is 1. The van der Waals surface area contributed by atoms with Gasteiger partial charge in [-0.15, -0.1) is 0 Å². The summed E-state index contributed by atoms with van der Waals surface area (Å²) in [6, 6.07) is 1.80. The standard InChI is InChI=1S/C16H24N2O2/c1-11(2)20-14-7-13(9-18-10-14)16(19)15-6-4-3-5-12(15)8-17/h7,9-12,15H,3-6,8,17H2,1-2H3. The van der Waals surface area contributed by atoms with Gasteiger partial charge in [0.25, 0.3) is 0 Å². The van der Waals surface area contributed by atoms with E-state index in [4.69, 9.17) is 10.5 Å². The number of rotatable bonds is 5. The molecule has 20 heavy (non-hydrogen) atoms. The first-order chi connectivity index (χ1) is 9.61. The molecule has 0 spiro atoms. The van der Waals surface area contributed by atoms with E-state index in [1.165, 1.54) is 6.42 Å². The lowest BCUT2D eigenvalue weighted by Crippen LogP contribution is -2.32. The quantitative estimate of drug-likeness (QED) is 0.840. The normalized spacial score (nSPS) is 22.8. The molecule has 4 heteroatoms. The molecule has 2 unspecified atom stereocenters. The Bertz CT molecular complexity index is 460. The maximum atomic E-state index is 12.7. The van der Waals surface area contributed by atoms with E-state index in [0.717, 1.165) is 19.3 Å². The third kappa shape index (κ3) is 3.57. The van der Waals surface area contributed by atoms with Crippen LogP contribution in [-0.4, -0.2) is 23.4 Å². The van der Waals surface area contributed by atoms with Gasteiger partial charge < -0.3 is 10.5 Å². The van der Waals surface area contributed by atoms with Crippen LogP contribution in [0.15, 0.2) is 18.5 Å². The van der Waals surface area contributed by atoms with E-state index in [9.17, 15) is 4.79 Å². The van der Waals surface area contributed by atoms with Crippen LogP contribution in [0, 0.1) is 11.8 Å². The molecule has 0 bridgehead atoms. The number of hydrogen-bond donors (Lipinski definition) is 1. The average molecular weight is 276 g/mol. The average Bonchev–Trinajstić information content (AvgIpc) is 2.46. The molecule has 1 fully saturated rings. The van der Waals surface area contributed by atoms with Crippen molar-refractivity contribution in [2.75, 3.05) is 6.54 Å². The predicted molar refractivity (Wildman–Crippen MR) is 78.8 cm³/mol. The first-order valence-corrected chi connectivity index (χ1v) is 7.47. The van der Waals surface area contributed by atoms with Crippen molar-refractivity contribution in [1.82, 2.24) is 4.98 Å². The molecule has 0 radical (unpaired) electrons. The maximum absolute atomic E-state index is 12.7. The van der Waals surface area contributed by atoms with Gasteiger partial charge in [-0.1, -0.05) is 12.8 Å². The van der Waals surface area contributed by atoms with E-state index >= 15 is 0 Å². The minimum Gasteiger partial charge on any atom is -0.489 e. The predicted octanol–water partition coefficient (Wildman–Crippen LogP) is 2.82. The van der Waals surface area contributed by atoms with Crippen LogP contribution in [0.4, 0.5) is 0 Å². The van der Waals surface area contributed by atoms with E-state index < -0.39 is 0 Å². The van der Waals surface area contributed by atoms with Crippen molar-refractivity contribution < 1.29 is 9.53 Å². The van der Waals surface area contributed by atoms with Crippen LogP contribution in [-0.2, 0) is 0 Å². The number of carbonyl (C=O) groups is 1. The number of nitrogens with two attached hydrogens (primary N) is 1. The summed E-state index contributed by atoms with van der Waals surface area (Å²) in [7, 11) is 0. The van der Waals surface area contributed by atoms with Crippen LogP contribution in [0.2, 0.25) is 0 Å². The summed E-state index contributed by atoms with van der Waals surface area (Å²) in [6.45, 7) is 4.51. The highest BCUT2D eigenvalue weighted by Gasteiger charge is 2.30. The fourth-order valence-electron chi connectivity index (χ4n) is 2.94. The number of ketones is 1. The molecule has 0 amide bonds. The summed E-state index contributed by atoms with van der Waals surface area (Å²) in [6.07, 6.45) is 7.66. The van der Waals surface area contributed by atoms with Gasteiger partial charge in [-0.3, -0.25) is 9.78 Å². The Labute approximate surface area is 120 Å². The highest BCUT2D eigenvalue weighted by atomic mass is 16.5. The molecule has 1 saturated carbocycles. The monoisotopic (exact) mass is 276 g/mol. The molecule has 1 aromatic heterocycles. The van der Waals surface area contributed by atoms with Crippen LogP contribution in [0.3, 0.4) is 0 Å². The Balaban J connectivity index is 2.15. The Morgan fingerprint density at radius 1 is 1.40 bits per heavy atom. The molecule has 2 atom stereocenters. The maximum Gasteiger partial charge on any atom is 0.167 e. The zero-order chi connectivity index (χ0) is 14.5. The summed E-state index contributed by atoms with van der Waals surface area (Å²) in [5.74, 6) is 1.18. The number of nitrogens with zero attached hydrogens (tertiary/aromatic N) is 1. The molecular formula is C16H24N2O2. The van der Waals surface area contributed by atoms with Crippen molar-refractivity contribution in [2.24, 2.45) is 17.6 Å². The molecular weight excluding hydrogens is 252 g/mol. The lowest BCUT2D eigenvalue weighted by Gasteiger charge is -2.29. The zero-order valence-corrected chi connectivity index (χ0v) is 12.3. The summed E-state index contributed by atoms with van der Waals surface area (Å²) in [4.78, 5) is 16.8. The number of Topliss-reactive ketones (excluding diaryl/α,β-unsaturated/α-hetero) is 1. The molecule has 0 saturated heterocycles. The van der Waals surface area contributed by atoms with Crippen LogP contribution in [0.1, 0.15) is 49.9 Å². The molecule has 0 aromatic carbocycles. The van der Waals surface area contributed by atoms with E-state index in [-0.39, 0.29) is 17.8 Å². The van der Waals surface area contributed by atoms with Gasteiger partial charge >= 0.3 is 0 Å². The van der Waals surface area contributed by atoms with E-state index in [1.54, 1.807) is 18.5 Å². The smallest absolute Gasteiger partial charge is 0.167 e. The Morgan fingerprint density at radius 3 is 2.85 bits per heavy atom. The summed E-state index contributed by atoms with van der Waals surface area (Å²) in [5, 5.41) is 0. The van der Waals surface area contributed by atoms with Crippen molar-refractivity contribution in [3.8, 4) is 5.75 Å². The number of ether oxygens (including phenoxy) is 1. The van der Waals surface area contributed by atoms with Gasteiger partial charge in [0.2, 0.25) is 0 Å². The SMILES string of the molecule is CC(C)Oc1cncc(C(=O)C2CCCCC2CN)c1. The Hall–Kier alpha value is -1.42. The van der Waals surface area contributed by atoms with Gasteiger partial charge in [-0.2, -0.15) is 0 Å².